The number of urea groups is 1. The first-order chi connectivity index (χ1) is 14.9. The van der Waals surface area contributed by atoms with Crippen LogP contribution in [-0.4, -0.2) is 44.1 Å². The van der Waals surface area contributed by atoms with E-state index in [1.165, 1.54) is 0 Å². The predicted molar refractivity (Wildman–Crippen MR) is 121 cm³/mol. The molecule has 0 saturated carbocycles. The average Bonchev–Trinajstić information content (AvgIpc) is 2.76. The van der Waals surface area contributed by atoms with E-state index < -0.39 is 0 Å². The summed E-state index contributed by atoms with van der Waals surface area (Å²) in [5.74, 6) is 1.50. The van der Waals surface area contributed by atoms with Crippen LogP contribution in [0.25, 0.3) is 0 Å². The minimum atomic E-state index is -0.316. The molecule has 0 fully saturated rings. The Kier molecular flexibility index (Phi) is 7.39. The van der Waals surface area contributed by atoms with Gasteiger partial charge in [0.15, 0.2) is 11.5 Å². The van der Waals surface area contributed by atoms with Gasteiger partial charge in [0.2, 0.25) is 5.91 Å². The Bertz CT molecular complexity index is 915. The first kappa shape index (κ1) is 22.5. The molecule has 0 bridgehead atoms. The van der Waals surface area contributed by atoms with Gasteiger partial charge in [0.1, 0.15) is 0 Å². The summed E-state index contributed by atoms with van der Waals surface area (Å²) in [6.07, 6.45) is 1.13. The molecule has 0 spiro atoms. The zero-order chi connectivity index (χ0) is 22.4. The molecule has 0 radical (unpaired) electrons. The van der Waals surface area contributed by atoms with Crippen molar-refractivity contribution in [3.05, 3.63) is 53.6 Å². The summed E-state index contributed by atoms with van der Waals surface area (Å²) in [4.78, 5) is 27.2. The Hall–Kier alpha value is -3.22. The fraction of sp³-hybridized carbons (Fsp3) is 0.417. The van der Waals surface area contributed by atoms with Crippen LogP contribution < -0.4 is 20.1 Å². The van der Waals surface area contributed by atoms with Crippen LogP contribution >= 0.6 is 0 Å². The maximum atomic E-state index is 13.1. The van der Waals surface area contributed by atoms with Gasteiger partial charge in [0.05, 0.1) is 20.3 Å². The number of rotatable bonds is 7. The molecule has 1 unspecified atom stereocenters. The summed E-state index contributed by atoms with van der Waals surface area (Å²) in [6.45, 7) is 4.88. The lowest BCUT2D eigenvalue weighted by molar-refractivity contribution is -0.122. The van der Waals surface area contributed by atoms with Crippen LogP contribution in [0.3, 0.4) is 0 Å². The summed E-state index contributed by atoms with van der Waals surface area (Å²) in [6, 6.07) is 12.7. The van der Waals surface area contributed by atoms with Gasteiger partial charge >= 0.3 is 6.03 Å². The number of benzene rings is 2. The van der Waals surface area contributed by atoms with E-state index >= 15 is 0 Å². The molecule has 2 aromatic rings. The van der Waals surface area contributed by atoms with E-state index in [0.717, 1.165) is 16.8 Å². The van der Waals surface area contributed by atoms with Crippen molar-refractivity contribution in [3.8, 4) is 11.5 Å². The second-order valence-corrected chi connectivity index (χ2v) is 8.06. The van der Waals surface area contributed by atoms with Gasteiger partial charge in [0, 0.05) is 25.2 Å². The summed E-state index contributed by atoms with van der Waals surface area (Å²) >= 11 is 0. The van der Waals surface area contributed by atoms with Gasteiger partial charge < -0.3 is 25.0 Å². The highest BCUT2D eigenvalue weighted by Crippen LogP contribution is 2.38. The van der Waals surface area contributed by atoms with Crippen molar-refractivity contribution in [3.63, 3.8) is 0 Å². The lowest BCUT2D eigenvalue weighted by atomic mass is 9.91. The zero-order valence-corrected chi connectivity index (χ0v) is 18.6. The highest BCUT2D eigenvalue weighted by atomic mass is 16.5. The maximum absolute atomic E-state index is 13.1. The maximum Gasteiger partial charge on any atom is 0.322 e. The normalized spacial score (nSPS) is 15.3. The van der Waals surface area contributed by atoms with Crippen molar-refractivity contribution in [2.24, 2.45) is 5.92 Å². The molecule has 1 aliphatic heterocycles. The first-order valence-corrected chi connectivity index (χ1v) is 10.6. The number of anilines is 1. The molecule has 1 aliphatic rings. The quantitative estimate of drug-likeness (QED) is 0.703. The second kappa shape index (κ2) is 10.2. The molecule has 3 rings (SSSR count). The number of carbonyl (C=O) groups excluding carboxylic acids is 2. The van der Waals surface area contributed by atoms with Crippen LogP contribution in [0, 0.1) is 5.92 Å². The smallest absolute Gasteiger partial charge is 0.322 e. The Morgan fingerprint density at radius 2 is 1.77 bits per heavy atom. The van der Waals surface area contributed by atoms with E-state index in [2.05, 4.69) is 10.6 Å². The third-order valence-electron chi connectivity index (χ3n) is 5.37. The topological polar surface area (TPSA) is 79.9 Å². The SMILES string of the molecule is COc1cc2c(cc1OC)C(CNC(=O)CC(C)C)N(C(=O)Nc1ccccc1)CC2. The summed E-state index contributed by atoms with van der Waals surface area (Å²) in [5, 5.41) is 5.97. The van der Waals surface area contributed by atoms with Crippen molar-refractivity contribution in [2.45, 2.75) is 32.7 Å². The lowest BCUT2D eigenvalue weighted by Crippen LogP contribution is -2.47. The second-order valence-electron chi connectivity index (χ2n) is 8.06. The molecule has 0 saturated heterocycles. The van der Waals surface area contributed by atoms with E-state index in [1.807, 2.05) is 56.3 Å². The van der Waals surface area contributed by atoms with Gasteiger partial charge in [-0.2, -0.15) is 0 Å². The number of nitrogens with one attached hydrogen (secondary N) is 2. The van der Waals surface area contributed by atoms with Gasteiger partial charge in [-0.1, -0.05) is 32.0 Å². The van der Waals surface area contributed by atoms with Crippen LogP contribution in [0.5, 0.6) is 11.5 Å². The molecular weight excluding hydrogens is 394 g/mol. The molecule has 1 atom stereocenters. The molecule has 3 amide bonds. The van der Waals surface area contributed by atoms with Gasteiger partial charge in [-0.15, -0.1) is 0 Å². The molecule has 0 aromatic heterocycles. The molecule has 7 heteroatoms. The summed E-state index contributed by atoms with van der Waals surface area (Å²) in [7, 11) is 3.20. The predicted octanol–water partition coefficient (Wildman–Crippen LogP) is 4.00. The van der Waals surface area contributed by atoms with E-state index in [1.54, 1.807) is 19.1 Å². The molecule has 7 nitrogen and oxygen atoms in total. The largest absolute Gasteiger partial charge is 0.493 e. The fourth-order valence-electron chi connectivity index (χ4n) is 3.86. The minimum absolute atomic E-state index is 0.0222. The number of hydrogen-bond acceptors (Lipinski definition) is 4. The van der Waals surface area contributed by atoms with Crippen LogP contribution in [0.4, 0.5) is 10.5 Å². The van der Waals surface area contributed by atoms with Gasteiger partial charge in [0.25, 0.3) is 0 Å². The number of fused-ring (bicyclic) bond motifs is 1. The first-order valence-electron chi connectivity index (χ1n) is 10.6. The molecule has 1 heterocycles. The minimum Gasteiger partial charge on any atom is -0.493 e. The monoisotopic (exact) mass is 425 g/mol. The molecule has 166 valence electrons. The number of carbonyl (C=O) groups is 2. The fourth-order valence-corrected chi connectivity index (χ4v) is 3.86. The number of para-hydroxylation sites is 1. The standard InChI is InChI=1S/C24H31N3O4/c1-16(2)12-23(28)25-15-20-19-14-22(31-4)21(30-3)13-17(19)10-11-27(20)24(29)26-18-8-6-5-7-9-18/h5-9,13-14,16,20H,10-12,15H2,1-4H3,(H,25,28)(H,26,29). The van der Waals surface area contributed by atoms with Crippen LogP contribution in [-0.2, 0) is 11.2 Å². The van der Waals surface area contributed by atoms with Crippen molar-refractivity contribution in [1.82, 2.24) is 10.2 Å². The van der Waals surface area contributed by atoms with Crippen molar-refractivity contribution < 1.29 is 19.1 Å². The van der Waals surface area contributed by atoms with Crippen LogP contribution in [0.2, 0.25) is 0 Å². The lowest BCUT2D eigenvalue weighted by Gasteiger charge is -2.38. The van der Waals surface area contributed by atoms with Crippen molar-refractivity contribution in [2.75, 3.05) is 32.6 Å². The van der Waals surface area contributed by atoms with E-state index in [0.29, 0.717) is 37.4 Å². The molecule has 2 aromatic carbocycles. The number of amides is 3. The zero-order valence-electron chi connectivity index (χ0n) is 18.6. The molecule has 0 aliphatic carbocycles. The van der Waals surface area contributed by atoms with Crippen LogP contribution in [0.15, 0.2) is 42.5 Å². The van der Waals surface area contributed by atoms with Gasteiger partial charge in [-0.05, 0) is 47.7 Å². The molecular formula is C24H31N3O4. The van der Waals surface area contributed by atoms with E-state index in [9.17, 15) is 9.59 Å². The van der Waals surface area contributed by atoms with Crippen LogP contribution in [0.1, 0.15) is 37.4 Å². The Morgan fingerprint density at radius 1 is 1.10 bits per heavy atom. The Morgan fingerprint density at radius 3 is 2.42 bits per heavy atom. The molecule has 2 N–H and O–H groups in total. The highest BCUT2D eigenvalue weighted by Gasteiger charge is 2.32. The third kappa shape index (κ3) is 5.48. The number of hydrogen-bond donors (Lipinski definition) is 2. The molecule has 31 heavy (non-hydrogen) atoms. The number of ether oxygens (including phenoxy) is 2. The van der Waals surface area contributed by atoms with Crippen molar-refractivity contribution in [1.29, 1.82) is 0 Å². The van der Waals surface area contributed by atoms with Crippen molar-refractivity contribution >= 4 is 17.6 Å². The van der Waals surface area contributed by atoms with E-state index in [-0.39, 0.29) is 23.9 Å². The summed E-state index contributed by atoms with van der Waals surface area (Å²) < 4.78 is 10.9. The highest BCUT2D eigenvalue weighted by molar-refractivity contribution is 5.90. The average molecular weight is 426 g/mol. The Labute approximate surface area is 183 Å². The van der Waals surface area contributed by atoms with Gasteiger partial charge in [-0.25, -0.2) is 4.79 Å². The number of nitrogens with zero attached hydrogens (tertiary/aromatic N) is 1. The van der Waals surface area contributed by atoms with E-state index in [4.69, 9.17) is 9.47 Å². The van der Waals surface area contributed by atoms with Gasteiger partial charge in [-0.3, -0.25) is 4.79 Å². The third-order valence-corrected chi connectivity index (χ3v) is 5.37. The Balaban J connectivity index is 1.89. The number of methoxy groups -OCH3 is 2. The summed E-state index contributed by atoms with van der Waals surface area (Å²) in [5.41, 5.74) is 2.77.